The van der Waals surface area contributed by atoms with E-state index >= 15 is 0 Å². The molecule has 0 heterocycles. The SMILES string of the molecule is C=CCOC(=O)NCCCC[C@H](NC(=O)OCC1c2ccccc2-c2ccccc21)C(=O)N[C@H](C)C(=O)O[C@H](C)C(=O)OCC=C. The highest BCUT2D eigenvalue weighted by molar-refractivity contribution is 5.90. The number of benzene rings is 2. The maximum atomic E-state index is 13.2. The number of nitrogens with one attached hydrogen (secondary N) is 3. The topological polar surface area (TPSA) is 158 Å². The van der Waals surface area contributed by atoms with Crippen molar-refractivity contribution < 1.29 is 42.9 Å². The van der Waals surface area contributed by atoms with Crippen molar-refractivity contribution in [1.29, 1.82) is 0 Å². The number of hydrogen-bond acceptors (Lipinski definition) is 9. The van der Waals surface area contributed by atoms with E-state index in [1.807, 2.05) is 48.5 Å². The second-order valence-corrected chi connectivity index (χ2v) is 10.6. The summed E-state index contributed by atoms with van der Waals surface area (Å²) in [5.41, 5.74) is 4.24. The highest BCUT2D eigenvalue weighted by Gasteiger charge is 2.31. The van der Waals surface area contributed by atoms with Crippen LogP contribution < -0.4 is 16.0 Å². The van der Waals surface area contributed by atoms with Crippen LogP contribution in [0, 0.1) is 0 Å². The van der Waals surface area contributed by atoms with Crippen molar-refractivity contribution in [2.45, 2.75) is 57.2 Å². The average molecular weight is 636 g/mol. The Bertz CT molecular complexity index is 1360. The van der Waals surface area contributed by atoms with E-state index in [0.29, 0.717) is 12.8 Å². The maximum Gasteiger partial charge on any atom is 0.407 e. The summed E-state index contributed by atoms with van der Waals surface area (Å²) in [6.07, 6.45) is 1.30. The summed E-state index contributed by atoms with van der Waals surface area (Å²) in [7, 11) is 0. The van der Waals surface area contributed by atoms with Crippen molar-refractivity contribution in [3.05, 3.63) is 85.0 Å². The Hall–Kier alpha value is -5.13. The first-order valence-electron chi connectivity index (χ1n) is 15.1. The maximum absolute atomic E-state index is 13.2. The molecule has 0 unspecified atom stereocenters. The van der Waals surface area contributed by atoms with Gasteiger partial charge in [0.05, 0.1) is 0 Å². The molecule has 3 amide bonds. The number of carbonyl (C=O) groups is 5. The Morgan fingerprint density at radius 2 is 1.39 bits per heavy atom. The summed E-state index contributed by atoms with van der Waals surface area (Å²) in [4.78, 5) is 62.4. The van der Waals surface area contributed by atoms with Crippen LogP contribution in [0.2, 0.25) is 0 Å². The van der Waals surface area contributed by atoms with Gasteiger partial charge in [0, 0.05) is 12.5 Å². The molecule has 1 aliphatic rings. The van der Waals surface area contributed by atoms with Crippen molar-refractivity contribution >= 4 is 30.0 Å². The van der Waals surface area contributed by atoms with Gasteiger partial charge in [-0.25, -0.2) is 19.2 Å². The van der Waals surface area contributed by atoms with Gasteiger partial charge in [-0.2, -0.15) is 0 Å². The lowest BCUT2D eigenvalue weighted by atomic mass is 9.98. The van der Waals surface area contributed by atoms with Gasteiger partial charge in [0.2, 0.25) is 5.91 Å². The smallest absolute Gasteiger partial charge is 0.407 e. The minimum atomic E-state index is -1.20. The Morgan fingerprint density at radius 3 is 2.02 bits per heavy atom. The molecule has 0 aliphatic heterocycles. The molecule has 246 valence electrons. The van der Waals surface area contributed by atoms with Crippen LogP contribution in [0.4, 0.5) is 9.59 Å². The third-order valence-corrected chi connectivity index (χ3v) is 7.15. The average Bonchev–Trinajstić information content (AvgIpc) is 3.37. The van der Waals surface area contributed by atoms with E-state index in [9.17, 15) is 24.0 Å². The molecule has 2 aromatic carbocycles. The van der Waals surface area contributed by atoms with Gasteiger partial charge in [0.15, 0.2) is 6.10 Å². The van der Waals surface area contributed by atoms with Crippen molar-refractivity contribution in [2.75, 3.05) is 26.4 Å². The predicted molar refractivity (Wildman–Crippen MR) is 170 cm³/mol. The molecule has 3 atom stereocenters. The molecule has 12 nitrogen and oxygen atoms in total. The molecule has 0 saturated heterocycles. The van der Waals surface area contributed by atoms with Crippen molar-refractivity contribution in [2.24, 2.45) is 0 Å². The standard InChI is InChI=1S/C34H41N3O9/c1-5-19-43-32(40)23(4)46-31(39)22(3)36-30(38)29(17-11-12-18-35-33(41)44-20-6-2)37-34(42)45-21-28-26-15-9-7-13-24(26)25-14-8-10-16-27(25)28/h5-10,13-16,22-23,28-29H,1-2,11-12,17-21H2,3-4H3,(H,35,41)(H,36,38)(H,37,42)/t22-,23-,29+/m1/s1. The first kappa shape index (κ1) is 35.4. The normalized spacial score (nSPS) is 13.4. The van der Waals surface area contributed by atoms with Gasteiger partial charge in [-0.1, -0.05) is 73.8 Å². The molecule has 3 rings (SSSR count). The molecule has 1 aliphatic carbocycles. The number of amides is 3. The fraction of sp³-hybridized carbons (Fsp3) is 0.382. The molecule has 0 radical (unpaired) electrons. The number of carbonyl (C=O) groups excluding carboxylic acids is 5. The summed E-state index contributed by atoms with van der Waals surface area (Å²) in [6, 6.07) is 13.6. The second-order valence-electron chi connectivity index (χ2n) is 10.6. The summed E-state index contributed by atoms with van der Waals surface area (Å²) in [5.74, 6) is -2.45. The van der Waals surface area contributed by atoms with Crippen LogP contribution in [0.15, 0.2) is 73.8 Å². The van der Waals surface area contributed by atoms with E-state index in [0.717, 1.165) is 22.3 Å². The largest absolute Gasteiger partial charge is 0.459 e. The van der Waals surface area contributed by atoms with E-state index in [4.69, 9.17) is 18.9 Å². The lowest BCUT2D eigenvalue weighted by Crippen LogP contribution is -2.51. The molecule has 12 heteroatoms. The summed E-state index contributed by atoms with van der Waals surface area (Å²) < 4.78 is 20.5. The first-order chi connectivity index (χ1) is 22.2. The van der Waals surface area contributed by atoms with Crippen LogP contribution in [0.1, 0.15) is 50.2 Å². The van der Waals surface area contributed by atoms with Crippen LogP contribution in [-0.4, -0.2) is 74.6 Å². The molecule has 0 bridgehead atoms. The van der Waals surface area contributed by atoms with Gasteiger partial charge < -0.3 is 34.9 Å². The Labute approximate surface area is 268 Å². The number of alkyl carbamates (subject to hydrolysis) is 2. The third-order valence-electron chi connectivity index (χ3n) is 7.15. The number of unbranched alkanes of at least 4 members (excludes halogenated alkanes) is 1. The van der Waals surface area contributed by atoms with Crippen molar-refractivity contribution in [3.63, 3.8) is 0 Å². The highest BCUT2D eigenvalue weighted by Crippen LogP contribution is 2.44. The molecule has 46 heavy (non-hydrogen) atoms. The third kappa shape index (κ3) is 10.2. The molecule has 0 fully saturated rings. The quantitative estimate of drug-likeness (QED) is 0.101. The van der Waals surface area contributed by atoms with E-state index in [2.05, 4.69) is 29.1 Å². The van der Waals surface area contributed by atoms with Crippen LogP contribution in [0.3, 0.4) is 0 Å². The van der Waals surface area contributed by atoms with Gasteiger partial charge in [-0.05, 0) is 55.4 Å². The van der Waals surface area contributed by atoms with Crippen LogP contribution >= 0.6 is 0 Å². The molecule has 0 spiro atoms. The van der Waals surface area contributed by atoms with Crippen LogP contribution in [-0.2, 0) is 33.3 Å². The number of fused-ring (bicyclic) bond motifs is 3. The molecule has 0 aromatic heterocycles. The van der Waals surface area contributed by atoms with Crippen LogP contribution in [0.25, 0.3) is 11.1 Å². The lowest BCUT2D eigenvalue weighted by molar-refractivity contribution is -0.167. The zero-order valence-electron chi connectivity index (χ0n) is 26.1. The first-order valence-corrected chi connectivity index (χ1v) is 15.1. The zero-order valence-corrected chi connectivity index (χ0v) is 26.1. The fourth-order valence-corrected chi connectivity index (χ4v) is 4.86. The van der Waals surface area contributed by atoms with Gasteiger partial charge in [-0.3, -0.25) is 4.79 Å². The molecule has 3 N–H and O–H groups in total. The van der Waals surface area contributed by atoms with E-state index in [-0.39, 0.29) is 38.7 Å². The van der Waals surface area contributed by atoms with E-state index in [1.54, 1.807) is 0 Å². The number of ether oxygens (including phenoxy) is 4. The minimum absolute atomic E-state index is 0.0399. The Kier molecular flexibility index (Phi) is 13.8. The number of esters is 2. The Balaban J connectivity index is 1.60. The van der Waals surface area contributed by atoms with Crippen molar-refractivity contribution in [3.8, 4) is 11.1 Å². The lowest BCUT2D eigenvalue weighted by Gasteiger charge is -2.22. The minimum Gasteiger partial charge on any atom is -0.459 e. The van der Waals surface area contributed by atoms with Crippen LogP contribution in [0.5, 0.6) is 0 Å². The molecule has 2 aromatic rings. The molecular formula is C34H41N3O9. The number of hydrogen-bond donors (Lipinski definition) is 3. The Morgan fingerprint density at radius 1 is 0.783 bits per heavy atom. The van der Waals surface area contributed by atoms with E-state index < -0.39 is 48.2 Å². The van der Waals surface area contributed by atoms with Gasteiger partial charge in [-0.15, -0.1) is 0 Å². The monoisotopic (exact) mass is 635 g/mol. The highest BCUT2D eigenvalue weighted by atomic mass is 16.6. The summed E-state index contributed by atoms with van der Waals surface area (Å²) in [5, 5.41) is 7.73. The molecule has 0 saturated carbocycles. The number of rotatable bonds is 17. The van der Waals surface area contributed by atoms with Crippen molar-refractivity contribution in [1.82, 2.24) is 16.0 Å². The summed E-state index contributed by atoms with van der Waals surface area (Å²) >= 11 is 0. The second kappa shape index (κ2) is 18.0. The fourth-order valence-electron chi connectivity index (χ4n) is 4.86. The van der Waals surface area contributed by atoms with E-state index in [1.165, 1.54) is 26.0 Å². The van der Waals surface area contributed by atoms with Gasteiger partial charge >= 0.3 is 24.1 Å². The summed E-state index contributed by atoms with van der Waals surface area (Å²) in [6.45, 7) is 10.0. The molecular weight excluding hydrogens is 594 g/mol. The predicted octanol–water partition coefficient (Wildman–Crippen LogP) is 4.14. The zero-order chi connectivity index (χ0) is 33.5. The van der Waals surface area contributed by atoms with Gasteiger partial charge in [0.25, 0.3) is 0 Å². The van der Waals surface area contributed by atoms with Gasteiger partial charge in [0.1, 0.15) is 31.9 Å².